The number of halogens is 1. The molecule has 2 atom stereocenters. The van der Waals surface area contributed by atoms with Gasteiger partial charge in [0.15, 0.2) is 0 Å². The molecule has 1 saturated carbocycles. The number of hydrogen-bond acceptors (Lipinski definition) is 4. The number of fused-ring (bicyclic) bond motifs is 1. The van der Waals surface area contributed by atoms with Crippen molar-refractivity contribution < 1.29 is 4.79 Å². The SMILES string of the molecule is NCC1CCCC1NC(=O)CCc1nc2cc(Br)ccc2s1. The van der Waals surface area contributed by atoms with Gasteiger partial charge in [-0.2, -0.15) is 0 Å². The van der Waals surface area contributed by atoms with Crippen molar-refractivity contribution in [3.63, 3.8) is 0 Å². The van der Waals surface area contributed by atoms with Crippen LogP contribution >= 0.6 is 27.3 Å². The quantitative estimate of drug-likeness (QED) is 0.834. The van der Waals surface area contributed by atoms with Crippen molar-refractivity contribution in [1.82, 2.24) is 10.3 Å². The maximum atomic E-state index is 12.1. The van der Waals surface area contributed by atoms with E-state index in [1.165, 1.54) is 6.42 Å². The van der Waals surface area contributed by atoms with Crippen molar-refractivity contribution in [3.8, 4) is 0 Å². The zero-order valence-electron chi connectivity index (χ0n) is 12.3. The molecule has 3 rings (SSSR count). The minimum absolute atomic E-state index is 0.116. The Labute approximate surface area is 142 Å². The van der Waals surface area contributed by atoms with E-state index in [0.29, 0.717) is 25.3 Å². The first kappa shape index (κ1) is 15.9. The summed E-state index contributed by atoms with van der Waals surface area (Å²) < 4.78 is 2.20. The predicted molar refractivity (Wildman–Crippen MR) is 94.0 cm³/mol. The van der Waals surface area contributed by atoms with Crippen molar-refractivity contribution in [2.45, 2.75) is 38.1 Å². The molecular formula is C16H20BrN3OS. The van der Waals surface area contributed by atoms with Crippen LogP contribution in [-0.2, 0) is 11.2 Å². The topological polar surface area (TPSA) is 68.0 Å². The molecule has 0 aliphatic heterocycles. The van der Waals surface area contributed by atoms with Crippen molar-refractivity contribution in [2.75, 3.05) is 6.54 Å². The number of thiazole rings is 1. The lowest BCUT2D eigenvalue weighted by atomic mass is 10.0. The Bertz CT molecular complexity index is 672. The second-order valence-electron chi connectivity index (χ2n) is 5.82. The Kier molecular flexibility index (Phi) is 5.10. The van der Waals surface area contributed by atoms with Gasteiger partial charge in [-0.3, -0.25) is 4.79 Å². The van der Waals surface area contributed by atoms with E-state index in [4.69, 9.17) is 5.73 Å². The Hall–Kier alpha value is -0.980. The third kappa shape index (κ3) is 3.67. The van der Waals surface area contributed by atoms with Gasteiger partial charge in [0.1, 0.15) is 0 Å². The molecule has 0 saturated heterocycles. The average molecular weight is 382 g/mol. The van der Waals surface area contributed by atoms with E-state index in [0.717, 1.165) is 32.5 Å². The van der Waals surface area contributed by atoms with Gasteiger partial charge in [-0.1, -0.05) is 22.4 Å². The summed E-state index contributed by atoms with van der Waals surface area (Å²) in [5, 5.41) is 4.16. The molecule has 2 aromatic rings. The first-order valence-corrected chi connectivity index (χ1v) is 9.31. The Morgan fingerprint density at radius 3 is 3.14 bits per heavy atom. The van der Waals surface area contributed by atoms with Crippen molar-refractivity contribution in [2.24, 2.45) is 11.7 Å². The van der Waals surface area contributed by atoms with Crippen LogP contribution in [0.2, 0.25) is 0 Å². The molecule has 1 aliphatic carbocycles. The molecular weight excluding hydrogens is 362 g/mol. The molecule has 6 heteroatoms. The van der Waals surface area contributed by atoms with Crippen LogP contribution in [0.4, 0.5) is 0 Å². The van der Waals surface area contributed by atoms with Crippen molar-refractivity contribution in [1.29, 1.82) is 0 Å². The summed E-state index contributed by atoms with van der Waals surface area (Å²) in [6.45, 7) is 0.664. The number of aromatic nitrogens is 1. The van der Waals surface area contributed by atoms with Crippen LogP contribution in [0.5, 0.6) is 0 Å². The van der Waals surface area contributed by atoms with Crippen LogP contribution in [0.1, 0.15) is 30.7 Å². The third-order valence-electron chi connectivity index (χ3n) is 4.27. The smallest absolute Gasteiger partial charge is 0.220 e. The van der Waals surface area contributed by atoms with Crippen LogP contribution in [0.25, 0.3) is 10.2 Å². The average Bonchev–Trinajstić information content (AvgIpc) is 3.10. The van der Waals surface area contributed by atoms with E-state index in [2.05, 4.69) is 32.3 Å². The van der Waals surface area contributed by atoms with E-state index in [9.17, 15) is 4.79 Å². The fourth-order valence-corrected chi connectivity index (χ4v) is 4.36. The summed E-state index contributed by atoms with van der Waals surface area (Å²) in [6.07, 6.45) is 4.55. The summed E-state index contributed by atoms with van der Waals surface area (Å²) in [6, 6.07) is 6.36. The van der Waals surface area contributed by atoms with E-state index in [-0.39, 0.29) is 11.9 Å². The molecule has 22 heavy (non-hydrogen) atoms. The first-order chi connectivity index (χ1) is 10.7. The highest BCUT2D eigenvalue weighted by molar-refractivity contribution is 9.10. The fraction of sp³-hybridized carbons (Fsp3) is 0.500. The molecule has 0 radical (unpaired) electrons. The van der Waals surface area contributed by atoms with Gasteiger partial charge in [0.25, 0.3) is 0 Å². The van der Waals surface area contributed by atoms with E-state index >= 15 is 0 Å². The number of rotatable bonds is 5. The molecule has 1 heterocycles. The van der Waals surface area contributed by atoms with Gasteiger partial charge in [0.05, 0.1) is 15.2 Å². The number of carbonyl (C=O) groups is 1. The molecule has 118 valence electrons. The molecule has 1 amide bonds. The van der Waals surface area contributed by atoms with Gasteiger partial charge in [-0.05, 0) is 43.5 Å². The van der Waals surface area contributed by atoms with E-state index < -0.39 is 0 Å². The standard InChI is InChI=1S/C16H20BrN3OS/c17-11-4-5-14-13(8-11)20-16(22-14)7-6-15(21)19-12-3-1-2-10(12)9-18/h4-5,8,10,12H,1-3,6-7,9,18H2,(H,19,21). The second-order valence-corrected chi connectivity index (χ2v) is 7.85. The van der Waals surface area contributed by atoms with Crippen LogP contribution in [0, 0.1) is 5.92 Å². The van der Waals surface area contributed by atoms with Crippen LogP contribution in [0.15, 0.2) is 22.7 Å². The summed E-state index contributed by atoms with van der Waals surface area (Å²) in [4.78, 5) is 16.7. The van der Waals surface area contributed by atoms with Gasteiger partial charge in [0, 0.05) is 23.4 Å². The maximum Gasteiger partial charge on any atom is 0.220 e. The fourth-order valence-electron chi connectivity index (χ4n) is 3.06. The lowest BCUT2D eigenvalue weighted by Crippen LogP contribution is -2.39. The van der Waals surface area contributed by atoms with Crippen LogP contribution in [0.3, 0.4) is 0 Å². The van der Waals surface area contributed by atoms with Crippen LogP contribution < -0.4 is 11.1 Å². The molecule has 2 unspecified atom stereocenters. The highest BCUT2D eigenvalue weighted by Gasteiger charge is 2.27. The summed E-state index contributed by atoms with van der Waals surface area (Å²) in [5.41, 5.74) is 6.75. The van der Waals surface area contributed by atoms with Gasteiger partial charge >= 0.3 is 0 Å². The van der Waals surface area contributed by atoms with Gasteiger partial charge in [-0.15, -0.1) is 11.3 Å². The molecule has 1 aromatic carbocycles. The summed E-state index contributed by atoms with van der Waals surface area (Å²) in [5.74, 6) is 0.564. The lowest BCUT2D eigenvalue weighted by Gasteiger charge is -2.19. The molecule has 3 N–H and O–H groups in total. The van der Waals surface area contributed by atoms with E-state index in [1.807, 2.05) is 12.1 Å². The molecule has 0 bridgehead atoms. The first-order valence-electron chi connectivity index (χ1n) is 7.70. The van der Waals surface area contributed by atoms with Gasteiger partial charge in [0.2, 0.25) is 5.91 Å². The number of amides is 1. The number of nitrogens with one attached hydrogen (secondary N) is 1. The molecule has 1 aliphatic rings. The number of nitrogens with zero attached hydrogens (tertiary/aromatic N) is 1. The second kappa shape index (κ2) is 7.06. The number of benzene rings is 1. The number of carbonyl (C=O) groups excluding carboxylic acids is 1. The lowest BCUT2D eigenvalue weighted by molar-refractivity contribution is -0.122. The predicted octanol–water partition coefficient (Wildman–Crippen LogP) is 3.24. The van der Waals surface area contributed by atoms with Crippen LogP contribution in [-0.4, -0.2) is 23.5 Å². The Morgan fingerprint density at radius 1 is 1.45 bits per heavy atom. The highest BCUT2D eigenvalue weighted by atomic mass is 79.9. The largest absolute Gasteiger partial charge is 0.353 e. The number of hydrogen-bond donors (Lipinski definition) is 2. The number of aryl methyl sites for hydroxylation is 1. The van der Waals surface area contributed by atoms with Crippen molar-refractivity contribution >= 4 is 43.4 Å². The molecule has 1 fully saturated rings. The minimum atomic E-state index is 0.116. The van der Waals surface area contributed by atoms with Gasteiger partial charge in [-0.25, -0.2) is 4.98 Å². The molecule has 1 aromatic heterocycles. The summed E-state index contributed by atoms with van der Waals surface area (Å²) in [7, 11) is 0. The van der Waals surface area contributed by atoms with E-state index in [1.54, 1.807) is 11.3 Å². The molecule has 4 nitrogen and oxygen atoms in total. The van der Waals surface area contributed by atoms with Gasteiger partial charge < -0.3 is 11.1 Å². The number of nitrogens with two attached hydrogens (primary N) is 1. The third-order valence-corrected chi connectivity index (χ3v) is 5.86. The molecule has 0 spiro atoms. The monoisotopic (exact) mass is 381 g/mol. The zero-order valence-corrected chi connectivity index (χ0v) is 14.8. The Morgan fingerprint density at radius 2 is 2.32 bits per heavy atom. The maximum absolute atomic E-state index is 12.1. The minimum Gasteiger partial charge on any atom is -0.353 e. The van der Waals surface area contributed by atoms with Crippen molar-refractivity contribution in [3.05, 3.63) is 27.7 Å². The Balaban J connectivity index is 1.55. The summed E-state index contributed by atoms with van der Waals surface area (Å²) >= 11 is 5.12. The zero-order chi connectivity index (χ0) is 15.5. The normalized spacial score (nSPS) is 21.4. The highest BCUT2D eigenvalue weighted by Crippen LogP contribution is 2.26.